The zero-order valence-corrected chi connectivity index (χ0v) is 18.2. The molecule has 0 bridgehead atoms. The van der Waals surface area contributed by atoms with Gasteiger partial charge in [-0.1, -0.05) is 30.3 Å². The molecule has 0 spiro atoms. The van der Waals surface area contributed by atoms with Crippen LogP contribution in [0.5, 0.6) is 0 Å². The number of benzene rings is 2. The van der Waals surface area contributed by atoms with E-state index in [0.717, 1.165) is 29.6 Å². The van der Waals surface area contributed by atoms with Gasteiger partial charge in [0, 0.05) is 25.8 Å². The van der Waals surface area contributed by atoms with E-state index in [9.17, 15) is 4.39 Å². The Bertz CT molecular complexity index is 879. The minimum atomic E-state index is -0.234. The fraction of sp³-hybridized carbons (Fsp3) is 0.250. The average Bonchev–Trinajstić information content (AvgIpc) is 3.16. The molecule has 0 aliphatic rings. The minimum absolute atomic E-state index is 0. The van der Waals surface area contributed by atoms with Crippen molar-refractivity contribution in [2.75, 3.05) is 13.6 Å². The highest BCUT2D eigenvalue weighted by Gasteiger charge is 2.09. The van der Waals surface area contributed by atoms with Crippen LogP contribution in [0.3, 0.4) is 0 Å². The second kappa shape index (κ2) is 10.7. The molecule has 0 amide bonds. The Morgan fingerprint density at radius 1 is 1.14 bits per heavy atom. The van der Waals surface area contributed by atoms with Crippen LogP contribution in [0.1, 0.15) is 18.3 Å². The van der Waals surface area contributed by atoms with Crippen LogP contribution in [0.25, 0.3) is 5.69 Å². The van der Waals surface area contributed by atoms with Crippen LogP contribution < -0.4 is 5.32 Å². The summed E-state index contributed by atoms with van der Waals surface area (Å²) in [7, 11) is 1.95. The lowest BCUT2D eigenvalue weighted by molar-refractivity contribution is 0.475. The smallest absolute Gasteiger partial charge is 0.194 e. The van der Waals surface area contributed by atoms with Gasteiger partial charge in [0.2, 0.25) is 0 Å². The highest BCUT2D eigenvalue weighted by molar-refractivity contribution is 14.0. The standard InChI is InChI=1S/C20H23FN6.HI/c1-3-22-20(26(2)14-16-9-11-17(21)12-10-16)23-13-19-25-24-15-27(19)18-7-5-4-6-8-18;/h4-12,15H,3,13-14H2,1-2H3,(H,22,23);1H. The summed E-state index contributed by atoms with van der Waals surface area (Å²) in [6.45, 7) is 3.79. The van der Waals surface area contributed by atoms with Crippen molar-refractivity contribution in [2.45, 2.75) is 20.0 Å². The summed E-state index contributed by atoms with van der Waals surface area (Å²) in [5, 5.41) is 11.5. The first kappa shape index (κ1) is 21.8. The highest BCUT2D eigenvalue weighted by atomic mass is 127. The van der Waals surface area contributed by atoms with Gasteiger partial charge in [-0.15, -0.1) is 34.2 Å². The van der Waals surface area contributed by atoms with Crippen molar-refractivity contribution in [3.63, 3.8) is 0 Å². The van der Waals surface area contributed by atoms with E-state index in [1.54, 1.807) is 18.5 Å². The highest BCUT2D eigenvalue weighted by Crippen LogP contribution is 2.10. The molecule has 2 aromatic carbocycles. The molecular weight excluding hydrogens is 470 g/mol. The number of aromatic nitrogens is 3. The maximum Gasteiger partial charge on any atom is 0.194 e. The van der Waals surface area contributed by atoms with Gasteiger partial charge in [-0.3, -0.25) is 4.57 Å². The van der Waals surface area contributed by atoms with E-state index in [1.165, 1.54) is 12.1 Å². The Balaban J connectivity index is 0.00000280. The zero-order valence-electron chi connectivity index (χ0n) is 15.9. The number of nitrogens with one attached hydrogen (secondary N) is 1. The largest absolute Gasteiger partial charge is 0.357 e. The fourth-order valence-electron chi connectivity index (χ4n) is 2.72. The third kappa shape index (κ3) is 5.75. The fourth-order valence-corrected chi connectivity index (χ4v) is 2.72. The van der Waals surface area contributed by atoms with Gasteiger partial charge in [-0.05, 0) is 36.8 Å². The van der Waals surface area contributed by atoms with E-state index >= 15 is 0 Å². The second-order valence-corrected chi connectivity index (χ2v) is 6.11. The molecule has 0 radical (unpaired) electrons. The molecule has 1 aromatic heterocycles. The summed E-state index contributed by atoms with van der Waals surface area (Å²) < 4.78 is 15.0. The normalized spacial score (nSPS) is 11.0. The molecule has 0 saturated heterocycles. The first-order valence-corrected chi connectivity index (χ1v) is 8.85. The Labute approximate surface area is 181 Å². The Morgan fingerprint density at radius 3 is 2.54 bits per heavy atom. The molecule has 1 N–H and O–H groups in total. The molecule has 0 atom stereocenters. The lowest BCUT2D eigenvalue weighted by atomic mass is 10.2. The zero-order chi connectivity index (χ0) is 19.1. The SMILES string of the molecule is CCNC(=NCc1nncn1-c1ccccc1)N(C)Cc1ccc(F)cc1.I. The summed E-state index contributed by atoms with van der Waals surface area (Å²) in [5.74, 6) is 1.28. The van der Waals surface area contributed by atoms with E-state index < -0.39 is 0 Å². The molecule has 3 rings (SSSR count). The second-order valence-electron chi connectivity index (χ2n) is 6.11. The minimum Gasteiger partial charge on any atom is -0.357 e. The average molecular weight is 494 g/mol. The van der Waals surface area contributed by atoms with E-state index in [-0.39, 0.29) is 29.8 Å². The number of rotatable bonds is 6. The van der Waals surface area contributed by atoms with Crippen molar-refractivity contribution in [2.24, 2.45) is 4.99 Å². The first-order valence-electron chi connectivity index (χ1n) is 8.85. The monoisotopic (exact) mass is 494 g/mol. The molecule has 148 valence electrons. The summed E-state index contributed by atoms with van der Waals surface area (Å²) >= 11 is 0. The third-order valence-electron chi connectivity index (χ3n) is 4.05. The number of guanidine groups is 1. The van der Waals surface area contributed by atoms with Gasteiger partial charge in [0.05, 0.1) is 0 Å². The molecule has 0 aliphatic heterocycles. The predicted molar refractivity (Wildman–Crippen MR) is 119 cm³/mol. The van der Waals surface area contributed by atoms with E-state index in [4.69, 9.17) is 0 Å². The lowest BCUT2D eigenvalue weighted by Gasteiger charge is -2.22. The van der Waals surface area contributed by atoms with Crippen LogP contribution in [-0.2, 0) is 13.1 Å². The van der Waals surface area contributed by atoms with Gasteiger partial charge in [-0.25, -0.2) is 9.38 Å². The van der Waals surface area contributed by atoms with Gasteiger partial charge < -0.3 is 10.2 Å². The van der Waals surface area contributed by atoms with E-state index in [0.29, 0.717) is 13.1 Å². The van der Waals surface area contributed by atoms with Crippen molar-refractivity contribution in [3.8, 4) is 5.69 Å². The number of hydrogen-bond acceptors (Lipinski definition) is 3. The van der Waals surface area contributed by atoms with Gasteiger partial charge in [0.25, 0.3) is 0 Å². The predicted octanol–water partition coefficient (Wildman–Crippen LogP) is 3.62. The molecule has 0 unspecified atom stereocenters. The van der Waals surface area contributed by atoms with Gasteiger partial charge in [-0.2, -0.15) is 0 Å². The summed E-state index contributed by atoms with van der Waals surface area (Å²) in [5.41, 5.74) is 2.01. The number of nitrogens with zero attached hydrogens (tertiary/aromatic N) is 5. The molecule has 0 aliphatic carbocycles. The first-order chi connectivity index (χ1) is 13.2. The summed E-state index contributed by atoms with van der Waals surface area (Å²) in [6.07, 6.45) is 1.69. The Morgan fingerprint density at radius 2 is 1.86 bits per heavy atom. The maximum absolute atomic E-state index is 13.1. The topological polar surface area (TPSA) is 58.3 Å². The van der Waals surface area contributed by atoms with Crippen LogP contribution in [0.2, 0.25) is 0 Å². The van der Waals surface area contributed by atoms with Crippen molar-refractivity contribution in [1.82, 2.24) is 25.0 Å². The van der Waals surface area contributed by atoms with E-state index in [1.807, 2.05) is 53.8 Å². The van der Waals surface area contributed by atoms with Crippen LogP contribution in [0, 0.1) is 5.82 Å². The van der Waals surface area contributed by atoms with Crippen LogP contribution in [0.4, 0.5) is 4.39 Å². The molecular formula is C20H24FIN6. The Kier molecular flexibility index (Phi) is 8.37. The van der Waals surface area contributed by atoms with Gasteiger partial charge in [0.15, 0.2) is 11.8 Å². The van der Waals surface area contributed by atoms with Crippen LogP contribution in [0.15, 0.2) is 65.9 Å². The quantitative estimate of drug-likeness (QED) is 0.323. The number of halogens is 2. The third-order valence-corrected chi connectivity index (χ3v) is 4.05. The molecule has 28 heavy (non-hydrogen) atoms. The number of aliphatic imine (C=N–C) groups is 1. The van der Waals surface area contributed by atoms with Crippen molar-refractivity contribution < 1.29 is 4.39 Å². The number of para-hydroxylation sites is 1. The summed E-state index contributed by atoms with van der Waals surface area (Å²) in [6, 6.07) is 16.4. The molecule has 0 fully saturated rings. The van der Waals surface area contributed by atoms with Crippen molar-refractivity contribution >= 4 is 29.9 Å². The molecule has 3 aromatic rings. The van der Waals surface area contributed by atoms with Crippen molar-refractivity contribution in [3.05, 3.63) is 78.1 Å². The van der Waals surface area contributed by atoms with Crippen LogP contribution in [-0.4, -0.2) is 39.2 Å². The molecule has 0 saturated carbocycles. The van der Waals surface area contributed by atoms with Gasteiger partial charge >= 0.3 is 0 Å². The van der Waals surface area contributed by atoms with Crippen molar-refractivity contribution in [1.29, 1.82) is 0 Å². The molecule has 1 heterocycles. The maximum atomic E-state index is 13.1. The van der Waals surface area contributed by atoms with Crippen LogP contribution >= 0.6 is 24.0 Å². The molecule has 8 heteroatoms. The lowest BCUT2D eigenvalue weighted by Crippen LogP contribution is -2.38. The van der Waals surface area contributed by atoms with Gasteiger partial charge in [0.1, 0.15) is 18.7 Å². The number of hydrogen-bond donors (Lipinski definition) is 1. The Hall–Kier alpha value is -2.49. The van der Waals surface area contributed by atoms with E-state index in [2.05, 4.69) is 20.5 Å². The molecule has 6 nitrogen and oxygen atoms in total. The summed E-state index contributed by atoms with van der Waals surface area (Å²) in [4.78, 5) is 6.69.